The predicted octanol–water partition coefficient (Wildman–Crippen LogP) is 1.55. The Morgan fingerprint density at radius 1 is 1.53 bits per heavy atom. The van der Waals surface area contributed by atoms with Gasteiger partial charge in [-0.25, -0.2) is 9.59 Å². The van der Waals surface area contributed by atoms with E-state index in [0.717, 1.165) is 0 Å². The van der Waals surface area contributed by atoms with Crippen molar-refractivity contribution in [3.63, 3.8) is 0 Å². The van der Waals surface area contributed by atoms with Gasteiger partial charge in [0, 0.05) is 11.4 Å². The second-order valence-electron chi connectivity index (χ2n) is 3.95. The topological polar surface area (TPSA) is 93.4 Å². The van der Waals surface area contributed by atoms with Crippen LogP contribution in [0.4, 0.5) is 10.5 Å². The number of benzene rings is 1. The summed E-state index contributed by atoms with van der Waals surface area (Å²) in [5, 5.41) is 20.4. The van der Waals surface area contributed by atoms with Crippen molar-refractivity contribution >= 4 is 29.4 Å². The summed E-state index contributed by atoms with van der Waals surface area (Å²) in [4.78, 5) is 24.2. The first-order valence-corrected chi connectivity index (χ1v) is 6.65. The third kappa shape index (κ3) is 2.98. The molecule has 2 amide bonds. The van der Waals surface area contributed by atoms with Crippen LogP contribution >= 0.6 is 11.8 Å². The molecule has 1 aromatic carbocycles. The molecule has 1 heterocycles. The van der Waals surface area contributed by atoms with Crippen molar-refractivity contribution in [2.24, 2.45) is 0 Å². The van der Waals surface area contributed by atoms with Crippen LogP contribution in [0.15, 0.2) is 24.3 Å². The molecule has 98 valence electrons. The van der Waals surface area contributed by atoms with Gasteiger partial charge in [0.2, 0.25) is 0 Å². The van der Waals surface area contributed by atoms with E-state index in [1.807, 2.05) is 6.07 Å². The van der Waals surface area contributed by atoms with E-state index in [0.29, 0.717) is 22.9 Å². The first-order valence-electron chi connectivity index (χ1n) is 5.50. The molecule has 0 radical (unpaired) electrons. The van der Waals surface area contributed by atoms with E-state index >= 15 is 0 Å². The lowest BCUT2D eigenvalue weighted by atomic mass is 10.2. The highest BCUT2D eigenvalue weighted by molar-refractivity contribution is 7.99. The lowest BCUT2D eigenvalue weighted by Crippen LogP contribution is -2.43. The molecule has 1 aliphatic rings. The van der Waals surface area contributed by atoms with E-state index in [2.05, 4.69) is 5.32 Å². The minimum Gasteiger partial charge on any atom is -0.480 e. The lowest BCUT2D eigenvalue weighted by Gasteiger charge is -2.20. The Labute approximate surface area is 114 Å². The van der Waals surface area contributed by atoms with Gasteiger partial charge in [-0.3, -0.25) is 0 Å². The number of carbonyl (C=O) groups excluding carboxylic acids is 1. The van der Waals surface area contributed by atoms with Crippen LogP contribution in [0.5, 0.6) is 0 Å². The number of rotatable bonds is 2. The first kappa shape index (κ1) is 13.2. The van der Waals surface area contributed by atoms with Crippen LogP contribution in [0.25, 0.3) is 0 Å². The second kappa shape index (κ2) is 5.63. The van der Waals surface area contributed by atoms with Gasteiger partial charge in [-0.1, -0.05) is 6.07 Å². The molecule has 6 nitrogen and oxygen atoms in total. The van der Waals surface area contributed by atoms with Crippen LogP contribution in [-0.4, -0.2) is 39.7 Å². The molecule has 0 spiro atoms. The van der Waals surface area contributed by atoms with Gasteiger partial charge in [0.25, 0.3) is 0 Å². The van der Waals surface area contributed by atoms with Gasteiger partial charge in [-0.15, -0.1) is 11.8 Å². The molecule has 0 saturated carbocycles. The summed E-state index contributed by atoms with van der Waals surface area (Å²) in [7, 11) is 0. The Bertz CT molecular complexity index is 555. The summed E-state index contributed by atoms with van der Waals surface area (Å²) >= 11 is 1.40. The number of aliphatic carboxylic acids is 1. The highest BCUT2D eigenvalue weighted by atomic mass is 32.2. The fourth-order valence-electron chi connectivity index (χ4n) is 1.71. The summed E-state index contributed by atoms with van der Waals surface area (Å²) in [5.41, 5.74) is 0.911. The zero-order valence-corrected chi connectivity index (χ0v) is 10.7. The van der Waals surface area contributed by atoms with Gasteiger partial charge in [0.1, 0.15) is 6.04 Å². The fourth-order valence-corrected chi connectivity index (χ4v) is 2.85. The smallest absolute Gasteiger partial charge is 0.327 e. The Hall–Kier alpha value is -2.20. The maximum Gasteiger partial charge on any atom is 0.327 e. The highest BCUT2D eigenvalue weighted by Gasteiger charge is 2.34. The minimum atomic E-state index is -1.01. The van der Waals surface area contributed by atoms with Crippen molar-refractivity contribution in [2.75, 3.05) is 16.9 Å². The molecule has 2 rings (SSSR count). The SMILES string of the molecule is N#Cc1cccc(NC(=O)N2CSC[C@H]2C(=O)O)c1. The second-order valence-corrected chi connectivity index (χ2v) is 4.95. The Morgan fingerprint density at radius 2 is 2.32 bits per heavy atom. The monoisotopic (exact) mass is 277 g/mol. The third-order valence-electron chi connectivity index (χ3n) is 2.67. The molecule has 0 unspecified atom stereocenters. The number of nitrogens with one attached hydrogen (secondary N) is 1. The van der Waals surface area contributed by atoms with Crippen molar-refractivity contribution < 1.29 is 14.7 Å². The zero-order chi connectivity index (χ0) is 13.8. The van der Waals surface area contributed by atoms with Crippen molar-refractivity contribution in [1.82, 2.24) is 4.90 Å². The van der Waals surface area contributed by atoms with Gasteiger partial charge in [-0.2, -0.15) is 5.26 Å². The number of urea groups is 1. The van der Waals surface area contributed by atoms with Gasteiger partial charge in [-0.05, 0) is 18.2 Å². The predicted molar refractivity (Wildman–Crippen MR) is 70.8 cm³/mol. The van der Waals surface area contributed by atoms with Crippen LogP contribution in [0.2, 0.25) is 0 Å². The van der Waals surface area contributed by atoms with Crippen LogP contribution in [0.1, 0.15) is 5.56 Å². The summed E-state index contributed by atoms with van der Waals surface area (Å²) < 4.78 is 0. The highest BCUT2D eigenvalue weighted by Crippen LogP contribution is 2.22. The van der Waals surface area contributed by atoms with Gasteiger partial charge >= 0.3 is 12.0 Å². The zero-order valence-electron chi connectivity index (χ0n) is 9.87. The summed E-state index contributed by atoms with van der Waals surface area (Å²) in [5.74, 6) is -0.271. The molecule has 7 heteroatoms. The number of hydrogen-bond acceptors (Lipinski definition) is 4. The van der Waals surface area contributed by atoms with Gasteiger partial charge < -0.3 is 15.3 Å². The molecular formula is C12H11N3O3S. The Kier molecular flexibility index (Phi) is 3.92. The van der Waals surface area contributed by atoms with Crippen LogP contribution in [0, 0.1) is 11.3 Å². The maximum absolute atomic E-state index is 12.0. The molecule has 2 N–H and O–H groups in total. The molecule has 1 aliphatic heterocycles. The summed E-state index contributed by atoms with van der Waals surface area (Å²) in [6.45, 7) is 0. The number of carbonyl (C=O) groups is 2. The van der Waals surface area contributed by atoms with Crippen molar-refractivity contribution in [3.05, 3.63) is 29.8 Å². The molecule has 1 saturated heterocycles. The van der Waals surface area contributed by atoms with Crippen molar-refractivity contribution in [1.29, 1.82) is 5.26 Å². The van der Waals surface area contributed by atoms with Gasteiger partial charge in [0.15, 0.2) is 0 Å². The molecule has 0 bridgehead atoms. The van der Waals surface area contributed by atoms with E-state index in [4.69, 9.17) is 10.4 Å². The molecule has 0 aromatic heterocycles. The number of hydrogen-bond donors (Lipinski definition) is 2. The van der Waals surface area contributed by atoms with E-state index < -0.39 is 18.0 Å². The van der Waals surface area contributed by atoms with Gasteiger partial charge in [0.05, 0.1) is 17.5 Å². The van der Waals surface area contributed by atoms with E-state index in [1.165, 1.54) is 22.7 Å². The van der Waals surface area contributed by atoms with Crippen LogP contribution < -0.4 is 5.32 Å². The van der Waals surface area contributed by atoms with Crippen molar-refractivity contribution in [2.45, 2.75) is 6.04 Å². The molecule has 0 aliphatic carbocycles. The first-order chi connectivity index (χ1) is 9.11. The molecule has 19 heavy (non-hydrogen) atoms. The summed E-state index contributed by atoms with van der Waals surface area (Å²) in [6.07, 6.45) is 0. The van der Waals surface area contributed by atoms with Crippen LogP contribution in [-0.2, 0) is 4.79 Å². The molecule has 1 atom stereocenters. The summed E-state index contributed by atoms with van der Waals surface area (Å²) in [6, 6.07) is 7.18. The molecule has 1 aromatic rings. The standard InChI is InChI=1S/C12H11N3O3S/c13-5-8-2-1-3-9(4-8)14-12(18)15-7-19-6-10(15)11(16)17/h1-4,10H,6-7H2,(H,14,18)(H,16,17)/t10-/m0/s1. The normalized spacial score (nSPS) is 17.8. The van der Waals surface area contributed by atoms with E-state index in [9.17, 15) is 9.59 Å². The maximum atomic E-state index is 12.0. The number of nitriles is 1. The number of thioether (sulfide) groups is 1. The van der Waals surface area contributed by atoms with Crippen LogP contribution in [0.3, 0.4) is 0 Å². The average Bonchev–Trinajstić information content (AvgIpc) is 2.88. The lowest BCUT2D eigenvalue weighted by molar-refractivity contribution is -0.140. The Morgan fingerprint density at radius 3 is 3.00 bits per heavy atom. The van der Waals surface area contributed by atoms with E-state index in [-0.39, 0.29) is 0 Å². The average molecular weight is 277 g/mol. The largest absolute Gasteiger partial charge is 0.480 e. The number of carboxylic acids is 1. The van der Waals surface area contributed by atoms with Crippen molar-refractivity contribution in [3.8, 4) is 6.07 Å². The third-order valence-corrected chi connectivity index (χ3v) is 3.68. The number of anilines is 1. The molecular weight excluding hydrogens is 266 g/mol. The number of amides is 2. The minimum absolute atomic E-state index is 0.348. The quantitative estimate of drug-likeness (QED) is 0.855. The van der Waals surface area contributed by atoms with E-state index in [1.54, 1.807) is 18.2 Å². The number of nitrogens with zero attached hydrogens (tertiary/aromatic N) is 2. The Balaban J connectivity index is 2.08. The molecule has 1 fully saturated rings. The number of carboxylic acid groups (broad SMARTS) is 1. The fraction of sp³-hybridized carbons (Fsp3) is 0.250.